The van der Waals surface area contributed by atoms with E-state index in [2.05, 4.69) is 9.97 Å². The smallest absolute Gasteiger partial charge is 0.347 e. The summed E-state index contributed by atoms with van der Waals surface area (Å²) in [5.74, 6) is -0.980. The fraction of sp³-hybridized carbons (Fsp3) is 0.417. The molecule has 0 fully saturated rings. The molecule has 0 bridgehead atoms. The van der Waals surface area contributed by atoms with E-state index < -0.39 is 5.97 Å². The molecule has 0 amide bonds. The Kier molecular flexibility index (Phi) is 3.96. The molecule has 0 aliphatic carbocycles. The molecule has 19 heavy (non-hydrogen) atoms. The zero-order valence-corrected chi connectivity index (χ0v) is 11.8. The number of aromatic carboxylic acids is 1. The Morgan fingerprint density at radius 1 is 1.58 bits per heavy atom. The maximum atomic E-state index is 11.2. The topological polar surface area (TPSA) is 77.2 Å². The van der Waals surface area contributed by atoms with E-state index >= 15 is 0 Å². The lowest BCUT2D eigenvalue weighted by atomic mass is 10.3. The molecule has 0 aliphatic rings. The van der Waals surface area contributed by atoms with Gasteiger partial charge in [0.15, 0.2) is 0 Å². The van der Waals surface area contributed by atoms with Crippen LogP contribution in [0.25, 0.3) is 10.7 Å². The summed E-state index contributed by atoms with van der Waals surface area (Å²) in [7, 11) is 1.52. The maximum Gasteiger partial charge on any atom is 0.347 e. The van der Waals surface area contributed by atoms with Crippen molar-refractivity contribution in [3.05, 3.63) is 23.1 Å². The van der Waals surface area contributed by atoms with E-state index in [9.17, 15) is 9.90 Å². The molecule has 0 aliphatic heterocycles. The largest absolute Gasteiger partial charge is 0.477 e. The van der Waals surface area contributed by atoms with Crippen LogP contribution in [0.2, 0.25) is 0 Å². The predicted molar refractivity (Wildman–Crippen MR) is 71.4 cm³/mol. The Hall–Kier alpha value is -1.73. The molecule has 0 aromatic carbocycles. The number of imidazole rings is 1. The van der Waals surface area contributed by atoms with Gasteiger partial charge in [-0.05, 0) is 13.8 Å². The van der Waals surface area contributed by atoms with Crippen LogP contribution in [-0.4, -0.2) is 32.7 Å². The van der Waals surface area contributed by atoms with Crippen LogP contribution in [0.5, 0.6) is 0 Å². The monoisotopic (exact) mass is 281 g/mol. The van der Waals surface area contributed by atoms with Crippen LogP contribution in [0.1, 0.15) is 35.3 Å². The average molecular weight is 281 g/mol. The van der Waals surface area contributed by atoms with E-state index in [1.807, 2.05) is 18.4 Å². The molecule has 2 aromatic rings. The summed E-state index contributed by atoms with van der Waals surface area (Å²) in [6.07, 6.45) is 3.42. The van der Waals surface area contributed by atoms with E-state index in [0.29, 0.717) is 10.7 Å². The summed E-state index contributed by atoms with van der Waals surface area (Å²) in [6.45, 7) is 4.26. The third-order valence-corrected chi connectivity index (χ3v) is 3.72. The van der Waals surface area contributed by atoms with Gasteiger partial charge in [0.25, 0.3) is 0 Å². The molecule has 1 N–H and O–H groups in total. The molecule has 0 spiro atoms. The van der Waals surface area contributed by atoms with Gasteiger partial charge in [0.05, 0.1) is 30.5 Å². The van der Waals surface area contributed by atoms with Gasteiger partial charge >= 0.3 is 5.97 Å². The van der Waals surface area contributed by atoms with E-state index in [1.165, 1.54) is 7.11 Å². The number of rotatable bonds is 5. The normalized spacial score (nSPS) is 11.2. The summed E-state index contributed by atoms with van der Waals surface area (Å²) in [5, 5.41) is 9.82. The van der Waals surface area contributed by atoms with Gasteiger partial charge in [-0.25, -0.2) is 14.8 Å². The lowest BCUT2D eigenvalue weighted by molar-refractivity contribution is 0.0697. The summed E-state index contributed by atoms with van der Waals surface area (Å²) >= 11 is 1.15. The minimum atomic E-state index is -0.980. The SMILES string of the molecule is COCc1nc(-c2cncn2C(C)C)sc1C(=O)O. The van der Waals surface area contributed by atoms with Crippen molar-refractivity contribution in [3.63, 3.8) is 0 Å². The summed E-state index contributed by atoms with van der Waals surface area (Å²) in [6, 6.07) is 0.237. The maximum absolute atomic E-state index is 11.2. The Bertz CT molecular complexity index is 589. The highest BCUT2D eigenvalue weighted by atomic mass is 32.1. The van der Waals surface area contributed by atoms with Gasteiger partial charge in [0, 0.05) is 13.2 Å². The lowest BCUT2D eigenvalue weighted by Gasteiger charge is -2.09. The van der Waals surface area contributed by atoms with Crippen molar-refractivity contribution >= 4 is 17.3 Å². The van der Waals surface area contributed by atoms with Gasteiger partial charge < -0.3 is 14.4 Å². The Labute approximate surface area is 114 Å². The van der Waals surface area contributed by atoms with E-state index in [4.69, 9.17) is 4.74 Å². The second kappa shape index (κ2) is 5.50. The lowest BCUT2D eigenvalue weighted by Crippen LogP contribution is -2.01. The van der Waals surface area contributed by atoms with Crippen molar-refractivity contribution in [1.29, 1.82) is 0 Å². The molecule has 0 saturated carbocycles. The van der Waals surface area contributed by atoms with Crippen molar-refractivity contribution in [2.75, 3.05) is 7.11 Å². The fourth-order valence-electron chi connectivity index (χ4n) is 1.74. The zero-order chi connectivity index (χ0) is 14.0. The number of hydrogen-bond acceptors (Lipinski definition) is 5. The third-order valence-electron chi connectivity index (χ3n) is 2.61. The Morgan fingerprint density at radius 2 is 2.32 bits per heavy atom. The highest BCUT2D eigenvalue weighted by Crippen LogP contribution is 2.29. The summed E-state index contributed by atoms with van der Waals surface area (Å²) in [4.78, 5) is 19.9. The van der Waals surface area contributed by atoms with Crippen LogP contribution < -0.4 is 0 Å². The first kappa shape index (κ1) is 13.7. The van der Waals surface area contributed by atoms with Crippen molar-refractivity contribution in [3.8, 4) is 10.7 Å². The molecule has 0 saturated heterocycles. The van der Waals surface area contributed by atoms with E-state index in [1.54, 1.807) is 12.5 Å². The average Bonchev–Trinajstić information content (AvgIpc) is 2.93. The first-order chi connectivity index (χ1) is 9.04. The molecular formula is C12H15N3O3S. The van der Waals surface area contributed by atoms with Gasteiger partial charge in [-0.15, -0.1) is 11.3 Å². The first-order valence-electron chi connectivity index (χ1n) is 5.78. The number of carboxylic acid groups (broad SMARTS) is 1. The van der Waals surface area contributed by atoms with Gasteiger partial charge in [-0.2, -0.15) is 0 Å². The van der Waals surface area contributed by atoms with Crippen LogP contribution in [0, 0.1) is 0 Å². The summed E-state index contributed by atoms with van der Waals surface area (Å²) in [5.41, 5.74) is 1.27. The number of aromatic nitrogens is 3. The molecule has 102 valence electrons. The van der Waals surface area contributed by atoms with Crippen molar-refractivity contribution in [1.82, 2.24) is 14.5 Å². The number of carbonyl (C=O) groups is 1. The standard InChI is InChI=1S/C12H15N3O3S/c1-7(2)15-6-13-4-9(15)11-14-8(5-18-3)10(19-11)12(16)17/h4,6-7H,5H2,1-3H3,(H,16,17). The second-order valence-corrected chi connectivity index (χ2v) is 5.31. The Morgan fingerprint density at radius 3 is 2.89 bits per heavy atom. The van der Waals surface area contributed by atoms with Gasteiger partial charge in [-0.3, -0.25) is 0 Å². The molecule has 2 aromatic heterocycles. The van der Waals surface area contributed by atoms with Gasteiger partial charge in [-0.1, -0.05) is 0 Å². The number of hydrogen-bond donors (Lipinski definition) is 1. The number of ether oxygens (including phenoxy) is 1. The minimum Gasteiger partial charge on any atom is -0.477 e. The summed E-state index contributed by atoms with van der Waals surface area (Å²) < 4.78 is 6.94. The fourth-order valence-corrected chi connectivity index (χ4v) is 2.67. The number of carboxylic acids is 1. The van der Waals surface area contributed by atoms with Crippen molar-refractivity contribution < 1.29 is 14.6 Å². The molecule has 0 unspecified atom stereocenters. The molecular weight excluding hydrogens is 266 g/mol. The highest BCUT2D eigenvalue weighted by Gasteiger charge is 2.20. The van der Waals surface area contributed by atoms with Crippen LogP contribution in [0.15, 0.2) is 12.5 Å². The zero-order valence-electron chi connectivity index (χ0n) is 11.0. The first-order valence-corrected chi connectivity index (χ1v) is 6.60. The molecule has 6 nitrogen and oxygen atoms in total. The van der Waals surface area contributed by atoms with Crippen LogP contribution in [0.4, 0.5) is 0 Å². The Balaban J connectivity index is 2.48. The van der Waals surface area contributed by atoms with E-state index in [0.717, 1.165) is 17.0 Å². The van der Waals surface area contributed by atoms with Crippen LogP contribution >= 0.6 is 11.3 Å². The minimum absolute atomic E-state index is 0.188. The molecule has 2 rings (SSSR count). The van der Waals surface area contributed by atoms with E-state index in [-0.39, 0.29) is 17.5 Å². The number of thiazole rings is 1. The number of methoxy groups -OCH3 is 1. The van der Waals surface area contributed by atoms with Gasteiger partial charge in [0.2, 0.25) is 0 Å². The third kappa shape index (κ3) is 2.66. The van der Waals surface area contributed by atoms with Gasteiger partial charge in [0.1, 0.15) is 9.88 Å². The predicted octanol–water partition coefficient (Wildman–Crippen LogP) is 2.43. The van der Waals surface area contributed by atoms with Crippen LogP contribution in [-0.2, 0) is 11.3 Å². The van der Waals surface area contributed by atoms with Crippen molar-refractivity contribution in [2.45, 2.75) is 26.5 Å². The molecule has 0 radical (unpaired) electrons. The molecule has 7 heteroatoms. The highest BCUT2D eigenvalue weighted by molar-refractivity contribution is 7.17. The molecule has 2 heterocycles. The second-order valence-electron chi connectivity index (χ2n) is 4.31. The molecule has 0 atom stereocenters. The van der Waals surface area contributed by atoms with Crippen molar-refractivity contribution in [2.24, 2.45) is 0 Å². The number of nitrogens with zero attached hydrogens (tertiary/aromatic N) is 3. The quantitative estimate of drug-likeness (QED) is 0.910. The van der Waals surface area contributed by atoms with Crippen LogP contribution in [0.3, 0.4) is 0 Å².